The predicted molar refractivity (Wildman–Crippen MR) is 92.9 cm³/mol. The number of carbonyl (C=O) groups excluding carboxylic acids is 1. The maximum atomic E-state index is 13.4. The van der Waals surface area contributed by atoms with Crippen molar-refractivity contribution >= 4 is 27.7 Å². The van der Waals surface area contributed by atoms with E-state index in [1.54, 1.807) is 6.07 Å². The molecule has 0 bridgehead atoms. The number of alkyl halides is 3. The number of halogens is 3. The zero-order valence-corrected chi connectivity index (χ0v) is 14.8. The van der Waals surface area contributed by atoms with Crippen LogP contribution in [-0.2, 0) is 20.4 Å². The first kappa shape index (κ1) is 19.1. The lowest BCUT2D eigenvalue weighted by molar-refractivity contribution is -0.106. The molecule has 1 heterocycles. The van der Waals surface area contributed by atoms with E-state index in [1.165, 1.54) is 49.4 Å². The molecule has 1 atom stereocenters. The fraction of sp³-hybridized carbons (Fsp3) is 0.167. The van der Waals surface area contributed by atoms with Crippen molar-refractivity contribution in [3.05, 3.63) is 71.3 Å². The van der Waals surface area contributed by atoms with Gasteiger partial charge in [0.05, 0.1) is 17.0 Å². The minimum Gasteiger partial charge on any atom is -0.380 e. The molecule has 2 aromatic carbocycles. The Bertz CT molecular complexity index is 1030. The third kappa shape index (κ3) is 2.83. The van der Waals surface area contributed by atoms with Crippen molar-refractivity contribution in [3.63, 3.8) is 0 Å². The number of benzene rings is 2. The molecule has 0 fully saturated rings. The molecule has 0 spiro atoms. The zero-order valence-electron chi connectivity index (χ0n) is 13.9. The molecule has 0 radical (unpaired) electrons. The van der Waals surface area contributed by atoms with Crippen molar-refractivity contribution in [2.45, 2.75) is 18.0 Å². The van der Waals surface area contributed by atoms with Crippen LogP contribution in [0, 0.1) is 0 Å². The molecule has 2 aromatic rings. The summed E-state index contributed by atoms with van der Waals surface area (Å²) in [5.74, 6) is 0. The summed E-state index contributed by atoms with van der Waals surface area (Å²) in [4.78, 5) is 11.8. The lowest BCUT2D eigenvalue weighted by atomic mass is 9.82. The van der Waals surface area contributed by atoms with Crippen LogP contribution in [0.2, 0.25) is 0 Å². The Kier molecular flexibility index (Phi) is 4.40. The van der Waals surface area contributed by atoms with Crippen molar-refractivity contribution in [2.75, 3.05) is 4.31 Å². The fourth-order valence-corrected chi connectivity index (χ4v) is 4.13. The number of para-hydroxylation sites is 1. The maximum absolute atomic E-state index is 13.4. The Balaban J connectivity index is 2.48. The van der Waals surface area contributed by atoms with Gasteiger partial charge in [-0.1, -0.05) is 48.5 Å². The molecule has 3 rings (SSSR count). The number of nitrogens with zero attached hydrogens (tertiary/aromatic N) is 1. The molecular weight excluding hydrogens is 383 g/mol. The smallest absolute Gasteiger partial charge is 0.380 e. The van der Waals surface area contributed by atoms with Crippen LogP contribution in [-0.4, -0.2) is 25.3 Å². The van der Waals surface area contributed by atoms with E-state index in [1.807, 2.05) is 0 Å². The standard InChI is InChI=1S/C18H14F3NO4S/c1-17(24)13-9-5-6-10-15(13)22(27(25,26)18(19,20)21)16(14(17)11-23)12-7-3-2-4-8-12/h2-11,24H,1H3/t17-/m0/s1. The molecule has 0 amide bonds. The Labute approximate surface area is 153 Å². The van der Waals surface area contributed by atoms with Crippen LogP contribution in [0.15, 0.2) is 60.2 Å². The molecule has 1 aliphatic rings. The summed E-state index contributed by atoms with van der Waals surface area (Å²) in [6, 6.07) is 12.5. The van der Waals surface area contributed by atoms with E-state index in [9.17, 15) is 31.5 Å². The van der Waals surface area contributed by atoms with E-state index in [2.05, 4.69) is 0 Å². The summed E-state index contributed by atoms with van der Waals surface area (Å²) >= 11 is 0. The highest BCUT2D eigenvalue weighted by atomic mass is 32.2. The van der Waals surface area contributed by atoms with Gasteiger partial charge in [-0.05, 0) is 18.6 Å². The van der Waals surface area contributed by atoms with Crippen molar-refractivity contribution in [1.82, 2.24) is 0 Å². The molecule has 5 nitrogen and oxygen atoms in total. The number of sulfonamides is 1. The number of fused-ring (bicyclic) bond motifs is 1. The Hall–Kier alpha value is -2.65. The third-order valence-corrected chi connectivity index (χ3v) is 5.77. The number of anilines is 1. The van der Waals surface area contributed by atoms with Gasteiger partial charge >= 0.3 is 15.5 Å². The molecule has 0 saturated carbocycles. The highest BCUT2D eigenvalue weighted by Gasteiger charge is 2.55. The molecular formula is C18H14F3NO4S. The van der Waals surface area contributed by atoms with E-state index in [4.69, 9.17) is 0 Å². The van der Waals surface area contributed by atoms with Gasteiger partial charge in [0.15, 0.2) is 6.29 Å². The van der Waals surface area contributed by atoms with E-state index in [-0.39, 0.29) is 27.4 Å². The molecule has 142 valence electrons. The molecule has 9 heteroatoms. The molecule has 0 saturated heterocycles. The zero-order chi connectivity index (χ0) is 20.0. The minimum absolute atomic E-state index is 0.0437. The average Bonchev–Trinajstić information content (AvgIpc) is 2.61. The second kappa shape index (κ2) is 6.21. The van der Waals surface area contributed by atoms with Crippen LogP contribution in [0.25, 0.3) is 5.70 Å². The van der Waals surface area contributed by atoms with E-state index in [0.717, 1.165) is 6.07 Å². The molecule has 27 heavy (non-hydrogen) atoms. The van der Waals surface area contributed by atoms with Gasteiger partial charge in [0.2, 0.25) is 0 Å². The summed E-state index contributed by atoms with van der Waals surface area (Å²) in [7, 11) is -5.90. The normalized spacial score (nSPS) is 20.4. The topological polar surface area (TPSA) is 74.7 Å². The van der Waals surface area contributed by atoms with Crippen LogP contribution >= 0.6 is 0 Å². The van der Waals surface area contributed by atoms with E-state index < -0.39 is 32.4 Å². The highest BCUT2D eigenvalue weighted by molar-refractivity contribution is 7.94. The van der Waals surface area contributed by atoms with Crippen LogP contribution in [0.3, 0.4) is 0 Å². The van der Waals surface area contributed by atoms with Gasteiger partial charge in [0.1, 0.15) is 5.60 Å². The number of hydrogen-bond acceptors (Lipinski definition) is 4. The Morgan fingerprint density at radius 3 is 2.15 bits per heavy atom. The number of hydrogen-bond donors (Lipinski definition) is 1. The third-order valence-electron chi connectivity index (χ3n) is 4.33. The number of carbonyl (C=O) groups is 1. The van der Waals surface area contributed by atoms with E-state index >= 15 is 0 Å². The number of aldehydes is 1. The number of aliphatic hydroxyl groups is 1. The molecule has 1 N–H and O–H groups in total. The highest BCUT2D eigenvalue weighted by Crippen LogP contribution is 2.49. The lowest BCUT2D eigenvalue weighted by Gasteiger charge is -2.40. The Morgan fingerprint density at radius 2 is 1.59 bits per heavy atom. The quantitative estimate of drug-likeness (QED) is 0.808. The second-order valence-corrected chi connectivity index (χ2v) is 7.83. The van der Waals surface area contributed by atoms with Gasteiger partial charge in [-0.25, -0.2) is 4.31 Å². The van der Waals surface area contributed by atoms with Crippen molar-refractivity contribution in [1.29, 1.82) is 0 Å². The van der Waals surface area contributed by atoms with Gasteiger partial charge in [0.25, 0.3) is 0 Å². The number of rotatable bonds is 3. The summed E-state index contributed by atoms with van der Waals surface area (Å²) in [5.41, 5.74) is -9.07. The second-order valence-electron chi connectivity index (χ2n) is 6.05. The molecule has 0 unspecified atom stereocenters. The van der Waals surface area contributed by atoms with Gasteiger partial charge in [0, 0.05) is 5.56 Å². The van der Waals surface area contributed by atoms with Crippen LogP contribution in [0.4, 0.5) is 18.9 Å². The van der Waals surface area contributed by atoms with Gasteiger partial charge in [-0.15, -0.1) is 0 Å². The summed E-state index contributed by atoms with van der Waals surface area (Å²) < 4.78 is 65.1. The first-order valence-electron chi connectivity index (χ1n) is 7.72. The molecule has 0 aliphatic carbocycles. The first-order valence-corrected chi connectivity index (χ1v) is 9.16. The summed E-state index contributed by atoms with van der Waals surface area (Å²) in [6.45, 7) is 1.23. The van der Waals surface area contributed by atoms with Gasteiger partial charge in [-0.2, -0.15) is 21.6 Å². The van der Waals surface area contributed by atoms with Crippen LogP contribution in [0.1, 0.15) is 18.1 Å². The first-order chi connectivity index (χ1) is 12.5. The van der Waals surface area contributed by atoms with E-state index in [0.29, 0.717) is 0 Å². The summed E-state index contributed by atoms with van der Waals surface area (Å²) in [6.07, 6.45) is 0.178. The summed E-state index contributed by atoms with van der Waals surface area (Å²) in [5, 5.41) is 10.9. The van der Waals surface area contributed by atoms with Crippen molar-refractivity contribution < 1.29 is 31.5 Å². The van der Waals surface area contributed by atoms with Crippen LogP contribution in [0.5, 0.6) is 0 Å². The predicted octanol–water partition coefficient (Wildman–Crippen LogP) is 3.17. The minimum atomic E-state index is -5.90. The average molecular weight is 397 g/mol. The Morgan fingerprint density at radius 1 is 1.04 bits per heavy atom. The monoisotopic (exact) mass is 397 g/mol. The van der Waals surface area contributed by atoms with Gasteiger partial charge < -0.3 is 5.11 Å². The maximum Gasteiger partial charge on any atom is 0.517 e. The SMILES string of the molecule is C[C@@]1(O)C(C=O)=C(c2ccccc2)N(S(=O)(=O)C(F)(F)F)c2ccccc21. The lowest BCUT2D eigenvalue weighted by Crippen LogP contribution is -2.45. The largest absolute Gasteiger partial charge is 0.517 e. The molecule has 0 aromatic heterocycles. The van der Waals surface area contributed by atoms with Gasteiger partial charge in [-0.3, -0.25) is 4.79 Å². The van der Waals surface area contributed by atoms with Crippen molar-refractivity contribution in [3.8, 4) is 0 Å². The van der Waals surface area contributed by atoms with Crippen LogP contribution < -0.4 is 4.31 Å². The molecule has 1 aliphatic heterocycles. The van der Waals surface area contributed by atoms with Crippen molar-refractivity contribution in [2.24, 2.45) is 0 Å². The fourth-order valence-electron chi connectivity index (χ4n) is 3.06.